The molecular weight excluding hydrogens is 791 g/mol. The minimum Gasteiger partial charge on any atom is -0.455 e. The summed E-state index contributed by atoms with van der Waals surface area (Å²) in [5.74, 6) is 1.75. The van der Waals surface area contributed by atoms with Crippen LogP contribution in [0.1, 0.15) is 0 Å². The zero-order chi connectivity index (χ0) is 41.4. The van der Waals surface area contributed by atoms with Gasteiger partial charge in [0.25, 0.3) is 0 Å². The van der Waals surface area contributed by atoms with Crippen LogP contribution in [0.5, 0.6) is 0 Å². The molecule has 0 atom stereocenters. The van der Waals surface area contributed by atoms with Gasteiger partial charge in [0.15, 0.2) is 17.5 Å². The number of benzene rings is 8. The van der Waals surface area contributed by atoms with Gasteiger partial charge >= 0.3 is 0 Å². The second-order valence-corrected chi connectivity index (χ2v) is 16.9. The molecule has 0 saturated heterocycles. The van der Waals surface area contributed by atoms with Crippen molar-refractivity contribution in [3.8, 4) is 62.1 Å². The van der Waals surface area contributed by atoms with Gasteiger partial charge in [0, 0.05) is 71.8 Å². The smallest absolute Gasteiger partial charge is 0.167 e. The standard InChI is InChI=1S/C56H33N5OS/c1-3-12-34(13-4-1)38-26-27-49-46(30-38)40-16-7-9-20-48(40)61(49)39-31-45(53-47(32-39)42-28-29-57-33-51(42)63-53)35-22-24-37(25-23-35)55-58-54(36-14-5-2-6-15-36)59-56(60-55)44-19-11-18-43-41-17-8-10-21-50(41)62-52(43)44/h1-33H. The Hall–Kier alpha value is -8.26. The summed E-state index contributed by atoms with van der Waals surface area (Å²) in [5.41, 5.74) is 12.3. The predicted molar refractivity (Wildman–Crippen MR) is 259 cm³/mol. The number of nitrogens with zero attached hydrogens (tertiary/aromatic N) is 5. The lowest BCUT2D eigenvalue weighted by molar-refractivity contribution is 0.669. The van der Waals surface area contributed by atoms with Crippen molar-refractivity contribution >= 4 is 75.3 Å². The van der Waals surface area contributed by atoms with E-state index in [1.165, 1.54) is 37.4 Å². The van der Waals surface area contributed by atoms with Crippen LogP contribution in [0, 0.1) is 0 Å². The Morgan fingerprint density at radius 3 is 1.89 bits per heavy atom. The molecule has 0 aliphatic carbocycles. The third-order valence-corrected chi connectivity index (χ3v) is 13.4. The fourth-order valence-corrected chi connectivity index (χ4v) is 10.4. The van der Waals surface area contributed by atoms with E-state index in [1.807, 2.05) is 73.1 Å². The monoisotopic (exact) mass is 823 g/mol. The highest BCUT2D eigenvalue weighted by atomic mass is 32.1. The molecule has 0 aliphatic rings. The third-order valence-electron chi connectivity index (χ3n) is 12.2. The van der Waals surface area contributed by atoms with E-state index in [0.29, 0.717) is 17.5 Å². The van der Waals surface area contributed by atoms with Crippen LogP contribution < -0.4 is 0 Å². The molecule has 0 aliphatic heterocycles. The Morgan fingerprint density at radius 2 is 1.06 bits per heavy atom. The number of fused-ring (bicyclic) bond motifs is 9. The third kappa shape index (κ3) is 5.78. The number of thiophene rings is 1. The number of hydrogen-bond acceptors (Lipinski definition) is 6. The summed E-state index contributed by atoms with van der Waals surface area (Å²) in [5, 5.41) is 6.93. The van der Waals surface area contributed by atoms with Crippen molar-refractivity contribution in [3.63, 3.8) is 0 Å². The first-order valence-electron chi connectivity index (χ1n) is 20.9. The maximum Gasteiger partial charge on any atom is 0.167 e. The van der Waals surface area contributed by atoms with Gasteiger partial charge in [-0.3, -0.25) is 4.98 Å². The zero-order valence-corrected chi connectivity index (χ0v) is 34.4. The number of furan rings is 1. The molecule has 8 aromatic carbocycles. The second kappa shape index (κ2) is 14.2. The van der Waals surface area contributed by atoms with Crippen molar-refractivity contribution in [2.75, 3.05) is 0 Å². The second-order valence-electron chi connectivity index (χ2n) is 15.8. The minimum absolute atomic E-state index is 0.558. The van der Waals surface area contributed by atoms with Crippen molar-refractivity contribution in [2.45, 2.75) is 0 Å². The fourth-order valence-electron chi connectivity index (χ4n) is 9.19. The zero-order valence-electron chi connectivity index (χ0n) is 33.6. The lowest BCUT2D eigenvalue weighted by Gasteiger charge is -2.13. The number of para-hydroxylation sites is 3. The van der Waals surface area contributed by atoms with Crippen LogP contribution in [0.15, 0.2) is 205 Å². The topological polar surface area (TPSA) is 69.6 Å². The molecule has 294 valence electrons. The summed E-state index contributed by atoms with van der Waals surface area (Å²) in [4.78, 5) is 19.8. The van der Waals surface area contributed by atoms with E-state index >= 15 is 0 Å². The SMILES string of the molecule is c1ccc(-c2ccc3c(c2)c2ccccc2n3-c2cc(-c3ccc(-c4nc(-c5ccccc5)nc(-c5cccc6c5oc5ccccc56)n4)cc3)c3sc4cnccc4c3c2)cc1. The Balaban J connectivity index is 0.979. The Kier molecular flexibility index (Phi) is 7.98. The molecule has 0 saturated carbocycles. The number of aromatic nitrogens is 5. The first-order valence-corrected chi connectivity index (χ1v) is 21.8. The van der Waals surface area contributed by atoms with Crippen molar-refractivity contribution in [1.82, 2.24) is 24.5 Å². The maximum atomic E-state index is 6.45. The molecule has 63 heavy (non-hydrogen) atoms. The van der Waals surface area contributed by atoms with Gasteiger partial charge < -0.3 is 8.98 Å². The van der Waals surface area contributed by atoms with Crippen LogP contribution in [0.2, 0.25) is 0 Å². The summed E-state index contributed by atoms with van der Waals surface area (Å²) in [6.07, 6.45) is 3.87. The molecule has 0 radical (unpaired) electrons. The van der Waals surface area contributed by atoms with E-state index < -0.39 is 0 Å². The van der Waals surface area contributed by atoms with E-state index in [2.05, 4.69) is 137 Å². The quantitative estimate of drug-likeness (QED) is 0.167. The Morgan fingerprint density at radius 1 is 0.413 bits per heavy atom. The maximum absolute atomic E-state index is 6.45. The Bertz CT molecular complexity index is 3910. The average Bonchev–Trinajstić information content (AvgIpc) is 4.04. The largest absolute Gasteiger partial charge is 0.455 e. The molecular formula is C56H33N5OS. The van der Waals surface area contributed by atoms with Gasteiger partial charge in [0.05, 0.1) is 21.3 Å². The summed E-state index contributed by atoms with van der Waals surface area (Å²) in [7, 11) is 0. The van der Waals surface area contributed by atoms with Crippen LogP contribution in [-0.4, -0.2) is 24.5 Å². The first-order chi connectivity index (χ1) is 31.2. The molecule has 0 amide bonds. The van der Waals surface area contributed by atoms with Gasteiger partial charge in [-0.2, -0.15) is 0 Å². The summed E-state index contributed by atoms with van der Waals surface area (Å²) >= 11 is 1.78. The van der Waals surface area contributed by atoms with Gasteiger partial charge in [-0.25, -0.2) is 15.0 Å². The normalized spacial score (nSPS) is 11.8. The Labute approximate surface area is 365 Å². The van der Waals surface area contributed by atoms with Crippen molar-refractivity contribution < 1.29 is 4.42 Å². The van der Waals surface area contributed by atoms with Crippen molar-refractivity contribution in [1.29, 1.82) is 0 Å². The van der Waals surface area contributed by atoms with Gasteiger partial charge in [-0.05, 0) is 65.2 Å². The summed E-state index contributed by atoms with van der Waals surface area (Å²) < 4.78 is 11.2. The lowest BCUT2D eigenvalue weighted by atomic mass is 10.00. The highest BCUT2D eigenvalue weighted by molar-refractivity contribution is 7.26. The summed E-state index contributed by atoms with van der Waals surface area (Å²) in [6.45, 7) is 0. The van der Waals surface area contributed by atoms with Crippen LogP contribution in [0.4, 0.5) is 0 Å². The van der Waals surface area contributed by atoms with Crippen molar-refractivity contribution in [3.05, 3.63) is 200 Å². The molecule has 13 aromatic rings. The van der Waals surface area contributed by atoms with E-state index in [0.717, 1.165) is 71.2 Å². The molecule has 0 N–H and O–H groups in total. The molecule has 0 fully saturated rings. The van der Waals surface area contributed by atoms with Crippen LogP contribution in [0.3, 0.4) is 0 Å². The van der Waals surface area contributed by atoms with E-state index in [1.54, 1.807) is 11.3 Å². The van der Waals surface area contributed by atoms with Gasteiger partial charge in [0.1, 0.15) is 11.2 Å². The number of pyridine rings is 1. The predicted octanol–water partition coefficient (Wildman–Crippen LogP) is 15.0. The van der Waals surface area contributed by atoms with Gasteiger partial charge in [-0.1, -0.05) is 140 Å². The first kappa shape index (κ1) is 35.5. The summed E-state index contributed by atoms with van der Waals surface area (Å²) in [6, 6.07) is 66.0. The number of hydrogen-bond donors (Lipinski definition) is 0. The highest BCUT2D eigenvalue weighted by Gasteiger charge is 2.20. The van der Waals surface area contributed by atoms with Gasteiger partial charge in [-0.15, -0.1) is 11.3 Å². The molecule has 0 bridgehead atoms. The van der Waals surface area contributed by atoms with Crippen LogP contribution in [0.25, 0.3) is 126 Å². The van der Waals surface area contributed by atoms with Crippen LogP contribution >= 0.6 is 11.3 Å². The van der Waals surface area contributed by atoms with Crippen LogP contribution in [-0.2, 0) is 0 Å². The van der Waals surface area contributed by atoms with Gasteiger partial charge in [0.2, 0.25) is 0 Å². The minimum atomic E-state index is 0.558. The van der Waals surface area contributed by atoms with E-state index in [9.17, 15) is 0 Å². The molecule has 7 heteroatoms. The van der Waals surface area contributed by atoms with E-state index in [4.69, 9.17) is 19.4 Å². The highest BCUT2D eigenvalue weighted by Crippen LogP contribution is 2.44. The molecule has 0 unspecified atom stereocenters. The molecule has 5 aromatic heterocycles. The number of rotatable bonds is 6. The van der Waals surface area contributed by atoms with E-state index in [-0.39, 0.29) is 0 Å². The fraction of sp³-hybridized carbons (Fsp3) is 0. The van der Waals surface area contributed by atoms with Crippen molar-refractivity contribution in [2.24, 2.45) is 0 Å². The molecule has 5 heterocycles. The molecule has 0 spiro atoms. The lowest BCUT2D eigenvalue weighted by Crippen LogP contribution is -2.00. The average molecular weight is 824 g/mol. The molecule has 13 rings (SSSR count). The molecule has 6 nitrogen and oxygen atoms in total.